The third kappa shape index (κ3) is 3.20. The number of carbonyl (C=O) groups is 1. The maximum Gasteiger partial charge on any atom is 0.253 e. The van der Waals surface area contributed by atoms with E-state index in [1.807, 2.05) is 12.1 Å². The van der Waals surface area contributed by atoms with Gasteiger partial charge in [-0.2, -0.15) is 0 Å². The highest BCUT2D eigenvalue weighted by Crippen LogP contribution is 2.16. The van der Waals surface area contributed by atoms with Gasteiger partial charge in [0.1, 0.15) is 0 Å². The van der Waals surface area contributed by atoms with E-state index in [4.69, 9.17) is 11.6 Å². The summed E-state index contributed by atoms with van der Waals surface area (Å²) in [7, 11) is 2.08. The minimum Gasteiger partial charge on any atom is -0.348 e. The predicted octanol–water partition coefficient (Wildman–Crippen LogP) is 2.16. The molecule has 17 heavy (non-hydrogen) atoms. The Kier molecular flexibility index (Phi) is 4.02. The molecule has 1 aliphatic rings. The fourth-order valence-corrected chi connectivity index (χ4v) is 2.41. The van der Waals surface area contributed by atoms with Crippen LogP contribution in [0.3, 0.4) is 0 Å². The van der Waals surface area contributed by atoms with Gasteiger partial charge in [0.2, 0.25) is 0 Å². The zero-order chi connectivity index (χ0) is 12.3. The quantitative estimate of drug-likeness (QED) is 0.875. The Labute approximate surface area is 107 Å². The van der Waals surface area contributed by atoms with E-state index >= 15 is 0 Å². The summed E-state index contributed by atoms with van der Waals surface area (Å²) in [5.74, 6) is -0.0732. The standard InChI is InChI=1S/C13H17ClN2O/c1-16-8-4-5-10(9-16)15-13(17)11-6-2-3-7-12(11)14/h2-3,6-7,10H,4-5,8-9H2,1H3,(H,15,17). The summed E-state index contributed by atoms with van der Waals surface area (Å²) in [6.45, 7) is 2.02. The molecule has 92 valence electrons. The van der Waals surface area contributed by atoms with Crippen LogP contribution in [0.5, 0.6) is 0 Å². The molecular formula is C13H17ClN2O. The molecule has 1 unspecified atom stereocenters. The normalized spacial score (nSPS) is 21.2. The van der Waals surface area contributed by atoms with Crippen molar-refractivity contribution < 1.29 is 4.79 Å². The van der Waals surface area contributed by atoms with Gasteiger partial charge in [0.25, 0.3) is 5.91 Å². The highest BCUT2D eigenvalue weighted by atomic mass is 35.5. The molecule has 1 aromatic rings. The van der Waals surface area contributed by atoms with Gasteiger partial charge in [-0.15, -0.1) is 0 Å². The predicted molar refractivity (Wildman–Crippen MR) is 69.4 cm³/mol. The molecule has 1 heterocycles. The molecule has 0 radical (unpaired) electrons. The zero-order valence-corrected chi connectivity index (χ0v) is 10.7. The molecule has 1 fully saturated rings. The Bertz CT molecular complexity index is 408. The Morgan fingerprint density at radius 1 is 1.47 bits per heavy atom. The van der Waals surface area contributed by atoms with E-state index in [9.17, 15) is 4.79 Å². The summed E-state index contributed by atoms with van der Waals surface area (Å²) in [4.78, 5) is 14.3. The summed E-state index contributed by atoms with van der Waals surface area (Å²) in [6.07, 6.45) is 2.17. The van der Waals surface area contributed by atoms with Crippen molar-refractivity contribution in [2.24, 2.45) is 0 Å². The molecule has 3 nitrogen and oxygen atoms in total. The van der Waals surface area contributed by atoms with Crippen LogP contribution in [0, 0.1) is 0 Å². The van der Waals surface area contributed by atoms with Gasteiger partial charge in [0.05, 0.1) is 10.6 Å². The fraction of sp³-hybridized carbons (Fsp3) is 0.462. The Morgan fingerprint density at radius 3 is 2.94 bits per heavy atom. The molecule has 0 aliphatic carbocycles. The molecule has 1 aliphatic heterocycles. The SMILES string of the molecule is CN1CCCC(NC(=O)c2ccccc2Cl)C1. The van der Waals surface area contributed by atoms with Crippen LogP contribution in [-0.2, 0) is 0 Å². The third-order valence-electron chi connectivity index (χ3n) is 3.08. The second-order valence-corrected chi connectivity index (χ2v) is 4.96. The van der Waals surface area contributed by atoms with Gasteiger partial charge in [-0.05, 0) is 38.6 Å². The molecule has 2 rings (SSSR count). The maximum atomic E-state index is 12.0. The lowest BCUT2D eigenvalue weighted by Gasteiger charge is -2.30. The smallest absolute Gasteiger partial charge is 0.253 e. The molecule has 0 bridgehead atoms. The van der Waals surface area contributed by atoms with Crippen LogP contribution in [0.1, 0.15) is 23.2 Å². The van der Waals surface area contributed by atoms with Gasteiger partial charge < -0.3 is 10.2 Å². The first-order chi connectivity index (χ1) is 8.16. The number of piperidine rings is 1. The van der Waals surface area contributed by atoms with Crippen LogP contribution in [0.2, 0.25) is 5.02 Å². The van der Waals surface area contributed by atoms with Gasteiger partial charge in [-0.3, -0.25) is 4.79 Å². The lowest BCUT2D eigenvalue weighted by molar-refractivity contribution is 0.0912. The van der Waals surface area contributed by atoms with Crippen molar-refractivity contribution in [3.8, 4) is 0 Å². The number of nitrogens with one attached hydrogen (secondary N) is 1. The number of amides is 1. The van der Waals surface area contributed by atoms with Gasteiger partial charge in [-0.1, -0.05) is 23.7 Å². The Hall–Kier alpha value is -1.06. The minimum absolute atomic E-state index is 0.0732. The first kappa shape index (κ1) is 12.4. The molecule has 0 spiro atoms. The first-order valence-electron chi connectivity index (χ1n) is 5.91. The first-order valence-corrected chi connectivity index (χ1v) is 6.28. The average molecular weight is 253 g/mol. The van der Waals surface area contributed by atoms with E-state index in [0.29, 0.717) is 10.6 Å². The summed E-state index contributed by atoms with van der Waals surface area (Å²) < 4.78 is 0. The van der Waals surface area contributed by atoms with E-state index < -0.39 is 0 Å². The van der Waals surface area contributed by atoms with Crippen LogP contribution >= 0.6 is 11.6 Å². The van der Waals surface area contributed by atoms with E-state index in [2.05, 4.69) is 17.3 Å². The van der Waals surface area contributed by atoms with Gasteiger partial charge in [-0.25, -0.2) is 0 Å². The number of nitrogens with zero attached hydrogens (tertiary/aromatic N) is 1. The number of rotatable bonds is 2. The number of carbonyl (C=O) groups excluding carboxylic acids is 1. The second kappa shape index (κ2) is 5.52. The molecule has 1 amide bonds. The third-order valence-corrected chi connectivity index (χ3v) is 3.41. The lowest BCUT2D eigenvalue weighted by atomic mass is 10.1. The number of likely N-dealkylation sites (N-methyl/N-ethyl adjacent to an activating group) is 1. The summed E-state index contributed by atoms with van der Waals surface area (Å²) in [5, 5.41) is 3.55. The Morgan fingerprint density at radius 2 is 2.24 bits per heavy atom. The summed E-state index contributed by atoms with van der Waals surface area (Å²) >= 11 is 5.99. The van der Waals surface area contributed by atoms with E-state index in [1.165, 1.54) is 0 Å². The van der Waals surface area contributed by atoms with E-state index in [0.717, 1.165) is 25.9 Å². The summed E-state index contributed by atoms with van der Waals surface area (Å²) in [5.41, 5.74) is 0.558. The number of benzene rings is 1. The van der Waals surface area contributed by atoms with Crippen molar-refractivity contribution >= 4 is 17.5 Å². The number of likely N-dealkylation sites (tertiary alicyclic amines) is 1. The van der Waals surface area contributed by atoms with Gasteiger partial charge >= 0.3 is 0 Å². The zero-order valence-electron chi connectivity index (χ0n) is 9.95. The largest absolute Gasteiger partial charge is 0.348 e. The summed E-state index contributed by atoms with van der Waals surface area (Å²) in [6, 6.07) is 7.38. The van der Waals surface area contributed by atoms with Crippen LogP contribution in [0.25, 0.3) is 0 Å². The molecular weight excluding hydrogens is 236 g/mol. The Balaban J connectivity index is 1.99. The van der Waals surface area contributed by atoms with Crippen molar-refractivity contribution in [2.45, 2.75) is 18.9 Å². The van der Waals surface area contributed by atoms with Crippen LogP contribution in [0.15, 0.2) is 24.3 Å². The number of hydrogen-bond donors (Lipinski definition) is 1. The van der Waals surface area contributed by atoms with Crippen LogP contribution in [-0.4, -0.2) is 37.0 Å². The van der Waals surface area contributed by atoms with E-state index in [1.54, 1.807) is 12.1 Å². The highest BCUT2D eigenvalue weighted by molar-refractivity contribution is 6.33. The average Bonchev–Trinajstić information content (AvgIpc) is 2.29. The molecule has 0 saturated carbocycles. The number of hydrogen-bond acceptors (Lipinski definition) is 2. The van der Waals surface area contributed by atoms with Crippen molar-refractivity contribution in [1.29, 1.82) is 0 Å². The van der Waals surface area contributed by atoms with Crippen molar-refractivity contribution in [3.05, 3.63) is 34.9 Å². The molecule has 1 N–H and O–H groups in total. The monoisotopic (exact) mass is 252 g/mol. The highest BCUT2D eigenvalue weighted by Gasteiger charge is 2.20. The van der Waals surface area contributed by atoms with Gasteiger partial charge in [0.15, 0.2) is 0 Å². The molecule has 1 aromatic carbocycles. The van der Waals surface area contributed by atoms with Crippen molar-refractivity contribution in [2.75, 3.05) is 20.1 Å². The molecule has 1 saturated heterocycles. The van der Waals surface area contributed by atoms with Crippen molar-refractivity contribution in [3.63, 3.8) is 0 Å². The van der Waals surface area contributed by atoms with Crippen LogP contribution in [0.4, 0.5) is 0 Å². The maximum absolute atomic E-state index is 12.0. The second-order valence-electron chi connectivity index (χ2n) is 4.55. The lowest BCUT2D eigenvalue weighted by Crippen LogP contribution is -2.46. The molecule has 4 heteroatoms. The van der Waals surface area contributed by atoms with Crippen molar-refractivity contribution in [1.82, 2.24) is 10.2 Å². The van der Waals surface area contributed by atoms with Gasteiger partial charge in [0, 0.05) is 12.6 Å². The molecule has 1 atom stereocenters. The van der Waals surface area contributed by atoms with Crippen LogP contribution < -0.4 is 5.32 Å². The molecule has 0 aromatic heterocycles. The number of halogens is 1. The van der Waals surface area contributed by atoms with E-state index in [-0.39, 0.29) is 11.9 Å². The minimum atomic E-state index is -0.0732. The topological polar surface area (TPSA) is 32.3 Å². The fourth-order valence-electron chi connectivity index (χ4n) is 2.19.